The zero-order valence-electron chi connectivity index (χ0n) is 18.9. The van der Waals surface area contributed by atoms with Crippen LogP contribution in [0.15, 0.2) is 52.4 Å². The van der Waals surface area contributed by atoms with Gasteiger partial charge in [0.05, 0.1) is 12.3 Å². The average molecular weight is 491 g/mol. The maximum Gasteiger partial charge on any atom is 0.275 e. The van der Waals surface area contributed by atoms with Crippen LogP contribution in [0.2, 0.25) is 0 Å². The molecule has 6 N–H and O–H groups in total. The summed E-state index contributed by atoms with van der Waals surface area (Å²) in [6.45, 7) is -0.0680. The molecule has 1 aromatic heterocycles. The second-order valence-corrected chi connectivity index (χ2v) is 9.52. The van der Waals surface area contributed by atoms with Crippen molar-refractivity contribution in [2.24, 2.45) is 16.5 Å². The lowest BCUT2D eigenvalue weighted by Crippen LogP contribution is -2.40. The van der Waals surface area contributed by atoms with E-state index in [0.717, 1.165) is 16.4 Å². The number of aryl methyl sites for hydroxylation is 2. The van der Waals surface area contributed by atoms with Crippen molar-refractivity contribution in [3.05, 3.63) is 64.1 Å². The third-order valence-corrected chi connectivity index (χ3v) is 5.43. The number of nitrogens with one attached hydrogen (secondary N) is 2. The fourth-order valence-electron chi connectivity index (χ4n) is 3.26. The number of nitrogens with zero attached hydrogens (tertiary/aromatic N) is 2. The number of hydrogen-bond acceptors (Lipinski definition) is 6. The highest BCUT2D eigenvalue weighted by Gasteiger charge is 2.17. The van der Waals surface area contributed by atoms with Gasteiger partial charge in [0.15, 0.2) is 5.96 Å². The molecule has 0 aliphatic heterocycles. The number of pyridine rings is 1. The molecule has 2 rings (SSSR count). The average Bonchev–Trinajstić information content (AvgIpc) is 2.77. The number of amides is 1. The Labute approximate surface area is 198 Å². The van der Waals surface area contributed by atoms with Crippen molar-refractivity contribution in [1.82, 2.24) is 9.88 Å². The highest BCUT2D eigenvalue weighted by Crippen LogP contribution is 2.15. The van der Waals surface area contributed by atoms with Crippen LogP contribution in [0.25, 0.3) is 0 Å². The van der Waals surface area contributed by atoms with Gasteiger partial charge < -0.3 is 26.1 Å². The number of nitrogens with two attached hydrogens (primary N) is 2. The van der Waals surface area contributed by atoms with Crippen molar-refractivity contribution in [3.8, 4) is 0 Å². The highest BCUT2D eigenvalue weighted by atomic mass is 32.2. The molecule has 2 aromatic rings. The van der Waals surface area contributed by atoms with Crippen molar-refractivity contribution in [2.45, 2.75) is 38.3 Å². The second-order valence-electron chi connectivity index (χ2n) is 7.77. The lowest BCUT2D eigenvalue weighted by Gasteiger charge is -2.15. The Bertz CT molecular complexity index is 1170. The molecular formula is C22H30N6O5S. The summed E-state index contributed by atoms with van der Waals surface area (Å²) in [5, 5.41) is 2.54. The molecule has 0 aliphatic carbocycles. The Balaban J connectivity index is 2.14. The maximum atomic E-state index is 13.0. The van der Waals surface area contributed by atoms with Crippen LogP contribution in [0.4, 0.5) is 5.69 Å². The number of hydrogen-bond donors (Lipinski definition) is 4. The van der Waals surface area contributed by atoms with Gasteiger partial charge >= 0.3 is 0 Å². The van der Waals surface area contributed by atoms with Gasteiger partial charge in [-0.15, -0.1) is 0 Å². The first-order valence-electron chi connectivity index (χ1n) is 10.6. The molecule has 0 fully saturated rings. The van der Waals surface area contributed by atoms with E-state index >= 15 is 0 Å². The molecular weight excluding hydrogens is 460 g/mol. The van der Waals surface area contributed by atoms with E-state index in [0.29, 0.717) is 44.1 Å². The molecule has 0 radical (unpaired) electrons. The number of benzene rings is 1. The third-order valence-electron chi connectivity index (χ3n) is 4.86. The largest absolute Gasteiger partial charge is 0.370 e. The molecule has 0 aliphatic rings. The van der Waals surface area contributed by atoms with Gasteiger partial charge in [-0.1, -0.05) is 30.3 Å². The van der Waals surface area contributed by atoms with E-state index in [-0.39, 0.29) is 18.2 Å². The fourth-order valence-corrected chi connectivity index (χ4v) is 3.85. The minimum absolute atomic E-state index is 0.0585. The van der Waals surface area contributed by atoms with Crippen LogP contribution in [0.3, 0.4) is 0 Å². The number of anilines is 1. The molecule has 11 nitrogen and oxygen atoms in total. The van der Waals surface area contributed by atoms with Gasteiger partial charge in [-0.25, -0.2) is 8.42 Å². The molecule has 34 heavy (non-hydrogen) atoms. The van der Waals surface area contributed by atoms with Crippen molar-refractivity contribution in [3.63, 3.8) is 0 Å². The molecule has 1 heterocycles. The van der Waals surface area contributed by atoms with E-state index in [9.17, 15) is 22.8 Å². The molecule has 184 valence electrons. The summed E-state index contributed by atoms with van der Waals surface area (Å²) < 4.78 is 27.1. The molecule has 1 unspecified atom stereocenters. The lowest BCUT2D eigenvalue weighted by atomic mass is 10.0. The molecule has 0 spiro atoms. The number of guanidine groups is 1. The van der Waals surface area contributed by atoms with Gasteiger partial charge in [0.25, 0.3) is 5.56 Å². The highest BCUT2D eigenvalue weighted by molar-refractivity contribution is 7.92. The van der Waals surface area contributed by atoms with E-state index in [1.165, 1.54) is 6.20 Å². The van der Waals surface area contributed by atoms with Crippen LogP contribution in [-0.2, 0) is 39.0 Å². The number of carbonyl (C=O) groups excluding carboxylic acids is 2. The number of aldehydes is 1. The van der Waals surface area contributed by atoms with Crippen LogP contribution in [0.5, 0.6) is 0 Å². The Morgan fingerprint density at radius 1 is 1.18 bits per heavy atom. The van der Waals surface area contributed by atoms with Crippen molar-refractivity contribution in [1.29, 1.82) is 0 Å². The summed E-state index contributed by atoms with van der Waals surface area (Å²) in [4.78, 5) is 40.5. The number of sulfonamides is 1. The van der Waals surface area contributed by atoms with Gasteiger partial charge in [-0.3, -0.25) is 19.3 Å². The Kier molecular flexibility index (Phi) is 9.80. The van der Waals surface area contributed by atoms with E-state index in [1.54, 1.807) is 6.07 Å². The normalized spacial score (nSPS) is 11.9. The van der Waals surface area contributed by atoms with E-state index in [2.05, 4.69) is 15.0 Å². The number of aliphatic imine (C=N–C) groups is 1. The number of aromatic nitrogens is 1. The van der Waals surface area contributed by atoms with Gasteiger partial charge in [0, 0.05) is 12.7 Å². The zero-order chi connectivity index (χ0) is 25.1. The molecule has 0 bridgehead atoms. The predicted molar refractivity (Wildman–Crippen MR) is 131 cm³/mol. The maximum absolute atomic E-state index is 13.0. The summed E-state index contributed by atoms with van der Waals surface area (Å²) >= 11 is 0. The molecule has 1 aromatic carbocycles. The van der Waals surface area contributed by atoms with E-state index in [1.807, 2.05) is 30.3 Å². The van der Waals surface area contributed by atoms with Crippen LogP contribution < -0.4 is 27.1 Å². The first-order chi connectivity index (χ1) is 16.1. The summed E-state index contributed by atoms with van der Waals surface area (Å²) in [6, 6.07) is 10.4. The second kappa shape index (κ2) is 12.5. The number of rotatable bonds is 13. The fraction of sp³-hybridized carbons (Fsp3) is 0.364. The SMILES string of the molecule is CS(=O)(=O)Nc1c(CCc2ccccc2)ccn(CC(=O)NC(C=O)CCCN=C(N)N)c1=O. The van der Waals surface area contributed by atoms with E-state index < -0.39 is 27.5 Å². The quantitative estimate of drug-likeness (QED) is 0.129. The Hall–Kier alpha value is -3.67. The van der Waals surface area contributed by atoms with Crippen LogP contribution in [0, 0.1) is 0 Å². The van der Waals surface area contributed by atoms with Crippen molar-refractivity contribution >= 4 is 33.9 Å². The summed E-state index contributed by atoms with van der Waals surface area (Å²) in [7, 11) is -3.73. The smallest absolute Gasteiger partial charge is 0.275 e. The lowest BCUT2D eigenvalue weighted by molar-refractivity contribution is -0.124. The van der Waals surface area contributed by atoms with Gasteiger partial charge in [0.2, 0.25) is 15.9 Å². The van der Waals surface area contributed by atoms with Gasteiger partial charge in [-0.2, -0.15) is 0 Å². The Morgan fingerprint density at radius 2 is 1.88 bits per heavy atom. The van der Waals surface area contributed by atoms with Crippen molar-refractivity contribution < 1.29 is 18.0 Å². The minimum atomic E-state index is -3.73. The first-order valence-corrected chi connectivity index (χ1v) is 12.5. The standard InChI is InChI=1S/C22H30N6O5S/c1-34(32,33)27-20-17(10-9-16-6-3-2-4-7-16)11-13-28(21(20)31)14-19(30)26-18(15-29)8-5-12-25-22(23)24/h2-4,6-7,11,13,15,18,27H,5,8-10,12,14H2,1H3,(H,26,30)(H4,23,24,25). The van der Waals surface area contributed by atoms with Crippen molar-refractivity contribution in [2.75, 3.05) is 17.5 Å². The van der Waals surface area contributed by atoms with Crippen LogP contribution in [0.1, 0.15) is 24.0 Å². The molecule has 1 atom stereocenters. The van der Waals surface area contributed by atoms with Crippen LogP contribution in [-0.4, -0.2) is 50.0 Å². The van der Waals surface area contributed by atoms with Crippen LogP contribution >= 0.6 is 0 Å². The Morgan fingerprint density at radius 3 is 2.50 bits per heavy atom. The summed E-state index contributed by atoms with van der Waals surface area (Å²) in [5.41, 5.74) is 11.3. The molecule has 1 amide bonds. The van der Waals surface area contributed by atoms with Gasteiger partial charge in [0.1, 0.15) is 18.5 Å². The molecule has 0 saturated heterocycles. The summed E-state index contributed by atoms with van der Waals surface area (Å²) in [6.07, 6.45) is 4.80. The minimum Gasteiger partial charge on any atom is -0.370 e. The van der Waals surface area contributed by atoms with E-state index in [4.69, 9.17) is 11.5 Å². The zero-order valence-corrected chi connectivity index (χ0v) is 19.8. The summed E-state index contributed by atoms with van der Waals surface area (Å²) in [5.74, 6) is -0.625. The topological polar surface area (TPSA) is 179 Å². The number of carbonyl (C=O) groups is 2. The monoisotopic (exact) mass is 490 g/mol. The van der Waals surface area contributed by atoms with Gasteiger partial charge in [-0.05, 0) is 42.9 Å². The molecule has 12 heteroatoms. The first kappa shape index (κ1) is 26.6. The molecule has 0 saturated carbocycles. The third kappa shape index (κ3) is 9.06. The predicted octanol–water partition coefficient (Wildman–Crippen LogP) is -0.258.